The van der Waals surface area contributed by atoms with Crippen LogP contribution in [-0.2, 0) is 0 Å². The minimum atomic E-state index is 0.983. The number of allylic oxidation sites excluding steroid dienone is 4. The van der Waals surface area contributed by atoms with Gasteiger partial charge in [0.1, 0.15) is 0 Å². The summed E-state index contributed by atoms with van der Waals surface area (Å²) in [5.41, 5.74) is 3.08. The van der Waals surface area contributed by atoms with Crippen molar-refractivity contribution in [3.63, 3.8) is 0 Å². The minimum Gasteiger partial charge on any atom is -0.0883 e. The second-order valence-electron chi connectivity index (χ2n) is 3.31. The maximum atomic E-state index is 3.41. The van der Waals surface area contributed by atoms with E-state index in [1.54, 1.807) is 5.57 Å². The van der Waals surface area contributed by atoms with E-state index >= 15 is 0 Å². The summed E-state index contributed by atoms with van der Waals surface area (Å²) in [5.74, 6) is 0. The van der Waals surface area contributed by atoms with Gasteiger partial charge in [-0.05, 0) is 32.6 Å². The normalized spacial score (nSPS) is 11.5. The molecule has 0 aliphatic heterocycles. The van der Waals surface area contributed by atoms with Gasteiger partial charge in [-0.3, -0.25) is 0 Å². The molecule has 0 aliphatic carbocycles. The summed E-state index contributed by atoms with van der Waals surface area (Å²) in [5, 5.41) is 0.983. The lowest BCUT2D eigenvalue weighted by Crippen LogP contribution is -1.81. The zero-order chi connectivity index (χ0) is 10.1. The molecule has 13 heavy (non-hydrogen) atoms. The lowest BCUT2D eigenvalue weighted by atomic mass is 10.1. The number of hydrogen-bond acceptors (Lipinski definition) is 0. The molecule has 0 aromatic carbocycles. The summed E-state index contributed by atoms with van der Waals surface area (Å²) < 4.78 is 0. The van der Waals surface area contributed by atoms with E-state index in [-0.39, 0.29) is 0 Å². The van der Waals surface area contributed by atoms with E-state index < -0.39 is 0 Å². The van der Waals surface area contributed by atoms with Gasteiger partial charge >= 0.3 is 0 Å². The fourth-order valence-corrected chi connectivity index (χ4v) is 1.83. The Balaban J connectivity index is 3.76. The number of alkyl halides is 1. The molecule has 0 fully saturated rings. The van der Waals surface area contributed by atoms with Crippen molar-refractivity contribution in [3.05, 3.63) is 23.3 Å². The zero-order valence-electron chi connectivity index (χ0n) is 9.07. The van der Waals surface area contributed by atoms with Crippen LogP contribution in [0.25, 0.3) is 0 Å². The molecule has 0 aliphatic rings. The van der Waals surface area contributed by atoms with Crippen LogP contribution in [0.2, 0.25) is 0 Å². The Labute approximate surface area is 91.2 Å². The van der Waals surface area contributed by atoms with Crippen LogP contribution in [0.3, 0.4) is 0 Å². The first kappa shape index (κ1) is 13.0. The van der Waals surface area contributed by atoms with Gasteiger partial charge in [0.05, 0.1) is 0 Å². The summed E-state index contributed by atoms with van der Waals surface area (Å²) in [6.45, 7) is 6.67. The minimum absolute atomic E-state index is 0.983. The highest BCUT2D eigenvalue weighted by Gasteiger charge is 1.91. The highest BCUT2D eigenvalue weighted by atomic mass is 79.9. The van der Waals surface area contributed by atoms with Crippen molar-refractivity contribution in [1.82, 2.24) is 0 Å². The summed E-state index contributed by atoms with van der Waals surface area (Å²) in [4.78, 5) is 0. The fraction of sp³-hybridized carbons (Fsp3) is 0.667. The average molecular weight is 245 g/mol. The van der Waals surface area contributed by atoms with Crippen molar-refractivity contribution in [1.29, 1.82) is 0 Å². The van der Waals surface area contributed by atoms with Gasteiger partial charge in [0.25, 0.3) is 0 Å². The molecular formula is C12H21Br. The van der Waals surface area contributed by atoms with Gasteiger partial charge in [-0.15, -0.1) is 0 Å². The van der Waals surface area contributed by atoms with Crippen molar-refractivity contribution in [3.8, 4) is 0 Å². The van der Waals surface area contributed by atoms with Crippen molar-refractivity contribution in [2.24, 2.45) is 0 Å². The Morgan fingerprint density at radius 3 is 2.23 bits per heavy atom. The predicted octanol–water partition coefficient (Wildman–Crippen LogP) is 4.85. The van der Waals surface area contributed by atoms with Crippen LogP contribution in [0.1, 0.15) is 46.5 Å². The molecule has 0 saturated carbocycles. The molecule has 0 N–H and O–H groups in total. The molecule has 0 saturated heterocycles. The molecule has 0 spiro atoms. The molecule has 1 heteroatoms. The molecule has 0 heterocycles. The van der Waals surface area contributed by atoms with E-state index in [0.717, 1.165) is 5.33 Å². The Hall–Kier alpha value is -0.0400. The van der Waals surface area contributed by atoms with E-state index in [2.05, 4.69) is 48.9 Å². The molecule has 0 aromatic rings. The van der Waals surface area contributed by atoms with Crippen LogP contribution in [0.15, 0.2) is 23.3 Å². The summed E-state index contributed by atoms with van der Waals surface area (Å²) in [7, 11) is 0. The van der Waals surface area contributed by atoms with E-state index in [0.29, 0.717) is 0 Å². The number of hydrogen-bond donors (Lipinski definition) is 0. The molecule has 0 radical (unpaired) electrons. The van der Waals surface area contributed by atoms with Crippen molar-refractivity contribution in [2.75, 3.05) is 5.33 Å². The molecule has 0 aromatic heterocycles. The van der Waals surface area contributed by atoms with Crippen molar-refractivity contribution in [2.45, 2.75) is 46.5 Å². The molecule has 0 bridgehead atoms. The largest absolute Gasteiger partial charge is 0.0883 e. The number of halogens is 1. The van der Waals surface area contributed by atoms with Crippen molar-refractivity contribution < 1.29 is 0 Å². The van der Waals surface area contributed by atoms with Gasteiger partial charge in [-0.1, -0.05) is 53.1 Å². The SMILES string of the molecule is CCC(=CCCC(C)=CCBr)CC. The first-order valence-corrected chi connectivity index (χ1v) is 6.26. The topological polar surface area (TPSA) is 0 Å². The van der Waals surface area contributed by atoms with Crippen LogP contribution in [0.4, 0.5) is 0 Å². The summed E-state index contributed by atoms with van der Waals surface area (Å²) in [6.07, 6.45) is 9.45. The molecule has 0 rings (SSSR count). The molecular weight excluding hydrogens is 224 g/mol. The Morgan fingerprint density at radius 2 is 1.77 bits per heavy atom. The second-order valence-corrected chi connectivity index (χ2v) is 3.96. The highest BCUT2D eigenvalue weighted by molar-refractivity contribution is 9.09. The first-order chi connectivity index (χ1) is 6.24. The van der Waals surface area contributed by atoms with E-state index in [1.165, 1.54) is 31.3 Å². The number of rotatable bonds is 6. The molecule has 0 nitrogen and oxygen atoms in total. The third-order valence-corrected chi connectivity index (χ3v) is 2.63. The Kier molecular flexibility index (Phi) is 8.53. The Bertz CT molecular complexity index is 172. The van der Waals surface area contributed by atoms with Gasteiger partial charge < -0.3 is 0 Å². The predicted molar refractivity (Wildman–Crippen MR) is 65.5 cm³/mol. The summed E-state index contributed by atoms with van der Waals surface area (Å²) in [6, 6.07) is 0. The second kappa shape index (κ2) is 8.55. The smallest absolute Gasteiger partial charge is 0.0214 e. The van der Waals surface area contributed by atoms with Crippen LogP contribution in [-0.4, -0.2) is 5.33 Å². The van der Waals surface area contributed by atoms with Crippen LogP contribution < -0.4 is 0 Å². The summed E-state index contributed by atoms with van der Waals surface area (Å²) >= 11 is 3.41. The molecule has 76 valence electrons. The molecule has 0 unspecified atom stereocenters. The van der Waals surface area contributed by atoms with Gasteiger partial charge in [0.2, 0.25) is 0 Å². The van der Waals surface area contributed by atoms with Gasteiger partial charge in [-0.25, -0.2) is 0 Å². The van der Waals surface area contributed by atoms with Crippen LogP contribution >= 0.6 is 15.9 Å². The van der Waals surface area contributed by atoms with E-state index in [1.807, 2.05) is 0 Å². The van der Waals surface area contributed by atoms with E-state index in [4.69, 9.17) is 0 Å². The van der Waals surface area contributed by atoms with Gasteiger partial charge in [0, 0.05) is 5.33 Å². The van der Waals surface area contributed by atoms with E-state index in [9.17, 15) is 0 Å². The molecule has 0 amide bonds. The lowest BCUT2D eigenvalue weighted by Gasteiger charge is -2.00. The quantitative estimate of drug-likeness (QED) is 0.463. The fourth-order valence-electron chi connectivity index (χ4n) is 1.28. The van der Waals surface area contributed by atoms with Crippen molar-refractivity contribution >= 4 is 15.9 Å². The zero-order valence-corrected chi connectivity index (χ0v) is 10.7. The molecule has 0 atom stereocenters. The monoisotopic (exact) mass is 244 g/mol. The van der Waals surface area contributed by atoms with Gasteiger partial charge in [-0.2, -0.15) is 0 Å². The average Bonchev–Trinajstić information content (AvgIpc) is 2.13. The maximum absolute atomic E-state index is 3.41. The van der Waals surface area contributed by atoms with Crippen LogP contribution in [0.5, 0.6) is 0 Å². The lowest BCUT2D eigenvalue weighted by molar-refractivity contribution is 0.912. The first-order valence-electron chi connectivity index (χ1n) is 5.14. The van der Waals surface area contributed by atoms with Crippen LogP contribution in [0, 0.1) is 0 Å². The third kappa shape index (κ3) is 7.06. The highest BCUT2D eigenvalue weighted by Crippen LogP contribution is 2.11. The van der Waals surface area contributed by atoms with Gasteiger partial charge in [0.15, 0.2) is 0 Å². The Morgan fingerprint density at radius 1 is 1.15 bits per heavy atom. The third-order valence-electron chi connectivity index (χ3n) is 2.31. The standard InChI is InChI=1S/C12H21Br/c1-4-12(5-2)8-6-7-11(3)9-10-13/h8-9H,4-7,10H2,1-3H3. The maximum Gasteiger partial charge on any atom is 0.0214 e.